The first-order valence-corrected chi connectivity index (χ1v) is 7.08. The number of hydrogen-bond donors (Lipinski definition) is 1. The molecule has 3 rings (SSSR count). The first-order chi connectivity index (χ1) is 10.3. The van der Waals surface area contributed by atoms with Gasteiger partial charge in [-0.05, 0) is 24.1 Å². The van der Waals surface area contributed by atoms with E-state index in [1.54, 1.807) is 13.3 Å². The van der Waals surface area contributed by atoms with Gasteiger partial charge in [-0.1, -0.05) is 6.07 Å². The summed E-state index contributed by atoms with van der Waals surface area (Å²) in [4.78, 5) is 8.81. The van der Waals surface area contributed by atoms with E-state index in [1.807, 2.05) is 25.2 Å². The molecule has 5 nitrogen and oxygen atoms in total. The average molecular weight is 285 g/mol. The monoisotopic (exact) mass is 285 g/mol. The van der Waals surface area contributed by atoms with Crippen molar-refractivity contribution >= 4 is 5.82 Å². The number of benzene rings is 1. The van der Waals surface area contributed by atoms with Crippen molar-refractivity contribution < 1.29 is 9.47 Å². The van der Waals surface area contributed by atoms with Gasteiger partial charge in [0.15, 0.2) is 0 Å². The van der Waals surface area contributed by atoms with Gasteiger partial charge >= 0.3 is 0 Å². The number of aromatic nitrogens is 2. The van der Waals surface area contributed by atoms with Gasteiger partial charge in [0.25, 0.3) is 0 Å². The Kier molecular flexibility index (Phi) is 3.90. The minimum atomic E-state index is 0.401. The summed E-state index contributed by atoms with van der Waals surface area (Å²) < 4.78 is 11.1. The summed E-state index contributed by atoms with van der Waals surface area (Å²) in [7, 11) is 3.53. The van der Waals surface area contributed by atoms with Crippen LogP contribution < -0.4 is 14.8 Å². The molecule has 1 aromatic carbocycles. The first-order valence-electron chi connectivity index (χ1n) is 7.08. The van der Waals surface area contributed by atoms with Crippen molar-refractivity contribution in [3.63, 3.8) is 0 Å². The lowest BCUT2D eigenvalue weighted by Gasteiger charge is -2.25. The first kappa shape index (κ1) is 13.7. The highest BCUT2D eigenvalue weighted by Crippen LogP contribution is 2.31. The predicted molar refractivity (Wildman–Crippen MR) is 81.0 cm³/mol. The smallest absolute Gasteiger partial charge is 0.131 e. The number of nitrogens with one attached hydrogen (secondary N) is 1. The third-order valence-corrected chi connectivity index (χ3v) is 3.69. The van der Waals surface area contributed by atoms with Gasteiger partial charge in [0.2, 0.25) is 0 Å². The van der Waals surface area contributed by atoms with Gasteiger partial charge < -0.3 is 14.8 Å². The van der Waals surface area contributed by atoms with Crippen LogP contribution in [0, 0.1) is 5.92 Å². The summed E-state index contributed by atoms with van der Waals surface area (Å²) in [5.41, 5.74) is 1.22. The van der Waals surface area contributed by atoms with Gasteiger partial charge in [-0.15, -0.1) is 0 Å². The van der Waals surface area contributed by atoms with Crippen molar-refractivity contribution in [1.29, 1.82) is 0 Å². The number of rotatable bonds is 4. The van der Waals surface area contributed by atoms with Gasteiger partial charge in [-0.25, -0.2) is 9.97 Å². The summed E-state index contributed by atoms with van der Waals surface area (Å²) in [6.07, 6.45) is 3.59. The Morgan fingerprint density at radius 2 is 2.29 bits per heavy atom. The van der Waals surface area contributed by atoms with Crippen LogP contribution in [-0.2, 0) is 12.8 Å². The van der Waals surface area contributed by atoms with Crippen LogP contribution in [0.5, 0.6) is 11.5 Å². The molecule has 110 valence electrons. The summed E-state index contributed by atoms with van der Waals surface area (Å²) in [6.45, 7) is 0.688. The van der Waals surface area contributed by atoms with E-state index >= 15 is 0 Å². The molecular formula is C16H19N3O2. The second kappa shape index (κ2) is 5.99. The van der Waals surface area contributed by atoms with Crippen molar-refractivity contribution in [2.75, 3.05) is 26.1 Å². The fourth-order valence-corrected chi connectivity index (χ4v) is 2.57. The molecule has 0 fully saturated rings. The van der Waals surface area contributed by atoms with Crippen LogP contribution in [-0.4, -0.2) is 30.7 Å². The molecular weight excluding hydrogens is 266 g/mol. The van der Waals surface area contributed by atoms with E-state index in [-0.39, 0.29) is 0 Å². The summed E-state index contributed by atoms with van der Waals surface area (Å²) >= 11 is 0. The highest BCUT2D eigenvalue weighted by molar-refractivity contribution is 5.42. The average Bonchev–Trinajstić information content (AvgIpc) is 2.54. The maximum Gasteiger partial charge on any atom is 0.131 e. The Balaban J connectivity index is 1.71. The van der Waals surface area contributed by atoms with Crippen molar-refractivity contribution in [3.05, 3.63) is 41.9 Å². The molecule has 0 radical (unpaired) electrons. The van der Waals surface area contributed by atoms with Gasteiger partial charge in [-0.2, -0.15) is 0 Å². The Hall–Kier alpha value is -2.30. The minimum absolute atomic E-state index is 0.401. The molecule has 0 amide bonds. The molecule has 21 heavy (non-hydrogen) atoms. The summed E-state index contributed by atoms with van der Waals surface area (Å²) in [5, 5.41) is 3.04. The SMILES string of the molecule is CNc1ccnc(CC2COc3cc(OC)ccc3C2)n1. The van der Waals surface area contributed by atoms with Gasteiger partial charge in [0.05, 0.1) is 13.7 Å². The molecule has 1 N–H and O–H groups in total. The van der Waals surface area contributed by atoms with Crippen molar-refractivity contribution in [1.82, 2.24) is 9.97 Å². The number of methoxy groups -OCH3 is 1. The Labute approximate surface area is 124 Å². The van der Waals surface area contributed by atoms with Crippen molar-refractivity contribution in [2.45, 2.75) is 12.8 Å². The summed E-state index contributed by atoms with van der Waals surface area (Å²) in [5.74, 6) is 3.86. The maximum absolute atomic E-state index is 5.86. The molecule has 2 aromatic rings. The van der Waals surface area contributed by atoms with Gasteiger partial charge in [-0.3, -0.25) is 0 Å². The van der Waals surface area contributed by atoms with E-state index in [0.717, 1.165) is 36.0 Å². The molecule has 1 aliphatic rings. The zero-order valence-electron chi connectivity index (χ0n) is 12.3. The van der Waals surface area contributed by atoms with Crippen LogP contribution >= 0.6 is 0 Å². The largest absolute Gasteiger partial charge is 0.497 e. The molecule has 1 unspecified atom stereocenters. The third-order valence-electron chi connectivity index (χ3n) is 3.69. The quantitative estimate of drug-likeness (QED) is 0.934. The molecule has 0 bridgehead atoms. The molecule has 5 heteroatoms. The number of nitrogens with zero attached hydrogens (tertiary/aromatic N) is 2. The van der Waals surface area contributed by atoms with E-state index in [9.17, 15) is 0 Å². The Morgan fingerprint density at radius 1 is 1.38 bits per heavy atom. The molecule has 1 aromatic heterocycles. The number of ether oxygens (including phenoxy) is 2. The topological polar surface area (TPSA) is 56.3 Å². The van der Waals surface area contributed by atoms with Crippen LogP contribution in [0.4, 0.5) is 5.82 Å². The zero-order chi connectivity index (χ0) is 14.7. The van der Waals surface area contributed by atoms with E-state index in [0.29, 0.717) is 12.5 Å². The van der Waals surface area contributed by atoms with Crippen molar-refractivity contribution in [2.24, 2.45) is 5.92 Å². The normalized spacial score (nSPS) is 16.8. The second-order valence-corrected chi connectivity index (χ2v) is 5.17. The van der Waals surface area contributed by atoms with Crippen LogP contribution in [0.2, 0.25) is 0 Å². The standard InChI is InChI=1S/C16H19N3O2/c1-17-15-5-6-18-16(19-15)8-11-7-12-3-4-13(20-2)9-14(12)21-10-11/h3-6,9,11H,7-8,10H2,1-2H3,(H,17,18,19). The number of fused-ring (bicyclic) bond motifs is 1. The molecule has 1 atom stereocenters. The lowest BCUT2D eigenvalue weighted by atomic mass is 9.93. The second-order valence-electron chi connectivity index (χ2n) is 5.17. The maximum atomic E-state index is 5.86. The van der Waals surface area contributed by atoms with E-state index in [1.165, 1.54) is 5.56 Å². The fraction of sp³-hybridized carbons (Fsp3) is 0.375. The number of hydrogen-bond acceptors (Lipinski definition) is 5. The molecule has 0 aliphatic carbocycles. The number of anilines is 1. The molecule has 0 saturated heterocycles. The van der Waals surface area contributed by atoms with Crippen LogP contribution in [0.25, 0.3) is 0 Å². The van der Waals surface area contributed by atoms with Crippen LogP contribution in [0.15, 0.2) is 30.5 Å². The molecule has 1 aliphatic heterocycles. The van der Waals surface area contributed by atoms with Crippen LogP contribution in [0.3, 0.4) is 0 Å². The molecule has 2 heterocycles. The lowest BCUT2D eigenvalue weighted by Crippen LogP contribution is -2.23. The summed E-state index contributed by atoms with van der Waals surface area (Å²) in [6, 6.07) is 7.86. The lowest BCUT2D eigenvalue weighted by molar-refractivity contribution is 0.218. The highest BCUT2D eigenvalue weighted by atomic mass is 16.5. The van der Waals surface area contributed by atoms with Gasteiger partial charge in [0, 0.05) is 31.6 Å². The predicted octanol–water partition coefficient (Wildman–Crippen LogP) is 2.32. The van der Waals surface area contributed by atoms with E-state index in [2.05, 4.69) is 21.4 Å². The van der Waals surface area contributed by atoms with Gasteiger partial charge in [0.1, 0.15) is 23.1 Å². The Morgan fingerprint density at radius 3 is 3.10 bits per heavy atom. The minimum Gasteiger partial charge on any atom is -0.497 e. The van der Waals surface area contributed by atoms with Crippen LogP contribution in [0.1, 0.15) is 11.4 Å². The van der Waals surface area contributed by atoms with Crippen molar-refractivity contribution in [3.8, 4) is 11.5 Å². The third kappa shape index (κ3) is 3.07. The highest BCUT2D eigenvalue weighted by Gasteiger charge is 2.21. The molecule has 0 saturated carbocycles. The zero-order valence-corrected chi connectivity index (χ0v) is 12.3. The molecule has 0 spiro atoms. The van der Waals surface area contributed by atoms with E-state index in [4.69, 9.17) is 9.47 Å². The fourth-order valence-electron chi connectivity index (χ4n) is 2.57. The van der Waals surface area contributed by atoms with E-state index < -0.39 is 0 Å². The Bertz CT molecular complexity index is 631.